The zero-order valence-corrected chi connectivity index (χ0v) is 7.70. The van der Waals surface area contributed by atoms with Gasteiger partial charge in [0.05, 0.1) is 6.20 Å². The lowest BCUT2D eigenvalue weighted by atomic mass is 10.1. The first-order valence-electron chi connectivity index (χ1n) is 4.25. The quantitative estimate of drug-likeness (QED) is 0.697. The summed E-state index contributed by atoms with van der Waals surface area (Å²) in [5, 5.41) is 10.7. The summed E-state index contributed by atoms with van der Waals surface area (Å²) in [6.45, 7) is 0. The first-order valence-corrected chi connectivity index (χ1v) is 4.25. The Hall–Kier alpha value is -1.40. The second kappa shape index (κ2) is 5.28. The van der Waals surface area contributed by atoms with Crippen LogP contribution in [0.15, 0.2) is 18.5 Å². The van der Waals surface area contributed by atoms with Gasteiger partial charge in [0.15, 0.2) is 0 Å². The van der Waals surface area contributed by atoms with E-state index in [-0.39, 0.29) is 6.04 Å². The first kappa shape index (κ1) is 9.69. The lowest BCUT2D eigenvalue weighted by Gasteiger charge is -2.13. The molecule has 1 heterocycles. The Morgan fingerprint density at radius 2 is 2.46 bits per heavy atom. The van der Waals surface area contributed by atoms with Crippen LogP contribution in [0.4, 0.5) is 0 Å². The Labute approximate surface area is 78.6 Å². The fraction of sp³-hybridized carbons (Fsp3) is 0.400. The zero-order valence-electron chi connectivity index (χ0n) is 7.70. The molecule has 1 rings (SSSR count). The van der Waals surface area contributed by atoms with Crippen LogP contribution < -0.4 is 5.32 Å². The molecule has 1 atom stereocenters. The highest BCUT2D eigenvalue weighted by molar-refractivity contribution is 5.11. The van der Waals surface area contributed by atoms with Gasteiger partial charge in [-0.25, -0.2) is 0 Å². The molecule has 3 nitrogen and oxygen atoms in total. The van der Waals surface area contributed by atoms with Crippen molar-refractivity contribution >= 4 is 0 Å². The van der Waals surface area contributed by atoms with Crippen LogP contribution >= 0.6 is 0 Å². The van der Waals surface area contributed by atoms with Crippen LogP contribution in [0.5, 0.6) is 0 Å². The Balaban J connectivity index is 2.63. The van der Waals surface area contributed by atoms with Crippen LogP contribution in [0.25, 0.3) is 0 Å². The predicted molar refractivity (Wildman–Crippen MR) is 51.9 cm³/mol. The topological polar surface area (TPSA) is 37.8 Å². The van der Waals surface area contributed by atoms with Crippen LogP contribution in [0, 0.1) is 12.3 Å². The number of nitrogens with zero attached hydrogens (tertiary/aromatic N) is 2. The van der Waals surface area contributed by atoms with Gasteiger partial charge in [0.2, 0.25) is 0 Å². The third-order valence-electron chi connectivity index (χ3n) is 1.94. The van der Waals surface area contributed by atoms with E-state index in [1.54, 1.807) is 12.4 Å². The molecule has 68 valence electrons. The van der Waals surface area contributed by atoms with Gasteiger partial charge in [-0.05, 0) is 25.1 Å². The average molecular weight is 175 g/mol. The van der Waals surface area contributed by atoms with Crippen molar-refractivity contribution in [3.8, 4) is 12.3 Å². The second-order valence-electron chi connectivity index (χ2n) is 2.76. The molecule has 13 heavy (non-hydrogen) atoms. The van der Waals surface area contributed by atoms with Crippen LogP contribution in [0.1, 0.15) is 24.4 Å². The Kier molecular flexibility index (Phi) is 3.94. The van der Waals surface area contributed by atoms with E-state index >= 15 is 0 Å². The third-order valence-corrected chi connectivity index (χ3v) is 1.94. The highest BCUT2D eigenvalue weighted by Gasteiger charge is 2.07. The van der Waals surface area contributed by atoms with E-state index in [0.29, 0.717) is 0 Å². The minimum Gasteiger partial charge on any atom is -0.313 e. The summed E-state index contributed by atoms with van der Waals surface area (Å²) in [6, 6.07) is 2.23. The molecule has 1 unspecified atom stereocenters. The molecule has 1 aromatic heterocycles. The maximum atomic E-state index is 5.20. The highest BCUT2D eigenvalue weighted by atomic mass is 15.1. The fourth-order valence-corrected chi connectivity index (χ4v) is 1.21. The van der Waals surface area contributed by atoms with E-state index < -0.39 is 0 Å². The van der Waals surface area contributed by atoms with Crippen molar-refractivity contribution in [2.24, 2.45) is 0 Å². The normalized spacial score (nSPS) is 12.0. The number of terminal acetylenes is 1. The molecular weight excluding hydrogens is 162 g/mol. The van der Waals surface area contributed by atoms with E-state index in [9.17, 15) is 0 Å². The summed E-state index contributed by atoms with van der Waals surface area (Å²) < 4.78 is 0. The Morgan fingerprint density at radius 3 is 3.00 bits per heavy atom. The lowest BCUT2D eigenvalue weighted by molar-refractivity contribution is 0.555. The number of rotatable bonds is 4. The molecule has 0 fully saturated rings. The van der Waals surface area contributed by atoms with Crippen LogP contribution in [0.3, 0.4) is 0 Å². The molecule has 0 aliphatic heterocycles. The number of nitrogens with one attached hydrogen (secondary N) is 1. The summed E-state index contributed by atoms with van der Waals surface area (Å²) in [7, 11) is 1.92. The van der Waals surface area contributed by atoms with Crippen molar-refractivity contribution in [3.05, 3.63) is 24.0 Å². The van der Waals surface area contributed by atoms with Gasteiger partial charge in [0.1, 0.15) is 0 Å². The van der Waals surface area contributed by atoms with Gasteiger partial charge in [0, 0.05) is 18.7 Å². The molecule has 0 aliphatic rings. The molecule has 0 aromatic carbocycles. The minimum absolute atomic E-state index is 0.284. The van der Waals surface area contributed by atoms with Gasteiger partial charge in [0.25, 0.3) is 0 Å². The molecule has 0 amide bonds. The van der Waals surface area contributed by atoms with Crippen molar-refractivity contribution in [2.75, 3.05) is 7.05 Å². The molecule has 3 heteroatoms. The van der Waals surface area contributed by atoms with Crippen molar-refractivity contribution in [1.29, 1.82) is 0 Å². The molecule has 0 radical (unpaired) electrons. The van der Waals surface area contributed by atoms with Crippen LogP contribution in [0.2, 0.25) is 0 Å². The van der Waals surface area contributed by atoms with Crippen molar-refractivity contribution in [3.63, 3.8) is 0 Å². The molecule has 0 saturated heterocycles. The maximum absolute atomic E-state index is 5.20. The van der Waals surface area contributed by atoms with Gasteiger partial charge in [-0.2, -0.15) is 10.2 Å². The van der Waals surface area contributed by atoms with E-state index in [1.165, 1.54) is 0 Å². The largest absolute Gasteiger partial charge is 0.313 e. The van der Waals surface area contributed by atoms with Gasteiger partial charge in [-0.3, -0.25) is 0 Å². The number of hydrogen-bond acceptors (Lipinski definition) is 3. The van der Waals surface area contributed by atoms with Crippen LogP contribution in [-0.2, 0) is 0 Å². The maximum Gasteiger partial charge on any atom is 0.0544 e. The Bertz CT molecular complexity index is 276. The van der Waals surface area contributed by atoms with Crippen molar-refractivity contribution in [1.82, 2.24) is 15.5 Å². The number of hydrogen-bond donors (Lipinski definition) is 1. The fourth-order valence-electron chi connectivity index (χ4n) is 1.21. The van der Waals surface area contributed by atoms with Gasteiger partial charge >= 0.3 is 0 Å². The van der Waals surface area contributed by atoms with E-state index in [0.717, 1.165) is 18.4 Å². The monoisotopic (exact) mass is 175 g/mol. The minimum atomic E-state index is 0.284. The van der Waals surface area contributed by atoms with E-state index in [4.69, 9.17) is 6.42 Å². The zero-order chi connectivity index (χ0) is 9.52. The van der Waals surface area contributed by atoms with Crippen LogP contribution in [-0.4, -0.2) is 17.2 Å². The molecule has 1 N–H and O–H groups in total. The smallest absolute Gasteiger partial charge is 0.0544 e. The second-order valence-corrected chi connectivity index (χ2v) is 2.76. The summed E-state index contributed by atoms with van der Waals surface area (Å²) >= 11 is 0. The van der Waals surface area contributed by atoms with Gasteiger partial charge in [-0.1, -0.05) is 0 Å². The van der Waals surface area contributed by atoms with Gasteiger partial charge in [-0.15, -0.1) is 12.3 Å². The molecule has 0 bridgehead atoms. The SMILES string of the molecule is C#CCCC(NC)c1ccnnc1. The molecule has 1 aromatic rings. The standard InChI is InChI=1S/C10H13N3/c1-3-4-5-10(11-2)9-6-7-12-13-8-9/h1,6-8,10-11H,4-5H2,2H3. The summed E-state index contributed by atoms with van der Waals surface area (Å²) in [6.07, 6.45) is 10.4. The van der Waals surface area contributed by atoms with Gasteiger partial charge < -0.3 is 5.32 Å². The summed E-state index contributed by atoms with van der Waals surface area (Å²) in [5.74, 6) is 2.63. The molecule has 0 saturated carbocycles. The van der Waals surface area contributed by atoms with Crippen molar-refractivity contribution in [2.45, 2.75) is 18.9 Å². The lowest BCUT2D eigenvalue weighted by Crippen LogP contribution is -2.16. The summed E-state index contributed by atoms with van der Waals surface area (Å²) in [5.41, 5.74) is 1.13. The molecule has 0 spiro atoms. The molecular formula is C10H13N3. The third kappa shape index (κ3) is 2.85. The number of aromatic nitrogens is 2. The molecule has 0 aliphatic carbocycles. The van der Waals surface area contributed by atoms with E-state index in [2.05, 4.69) is 21.4 Å². The predicted octanol–water partition coefficient (Wildman–Crippen LogP) is 1.15. The van der Waals surface area contributed by atoms with E-state index in [1.807, 2.05) is 13.1 Å². The first-order chi connectivity index (χ1) is 6.38. The average Bonchev–Trinajstić information content (AvgIpc) is 2.21. The Morgan fingerprint density at radius 1 is 1.62 bits per heavy atom. The summed E-state index contributed by atoms with van der Waals surface area (Å²) in [4.78, 5) is 0. The highest BCUT2D eigenvalue weighted by Crippen LogP contribution is 2.15. The van der Waals surface area contributed by atoms with Crippen molar-refractivity contribution < 1.29 is 0 Å².